The van der Waals surface area contributed by atoms with E-state index in [1.165, 1.54) is 18.2 Å². The summed E-state index contributed by atoms with van der Waals surface area (Å²) < 4.78 is 9.57. The summed E-state index contributed by atoms with van der Waals surface area (Å²) in [6, 6.07) is 14.7. The van der Waals surface area contributed by atoms with Crippen molar-refractivity contribution < 1.29 is 29.0 Å². The van der Waals surface area contributed by atoms with Crippen molar-refractivity contribution in [3.8, 4) is 5.75 Å². The standard InChI is InChI=1S/C17H15NO6/c19-14-9-5-4-8-13(14)16(21)23-11-15(20)18-17(22)24-10-12-6-2-1-3-7-12/h1-9,19H,10-11H2,(H,18,20,22). The van der Waals surface area contributed by atoms with Crippen molar-refractivity contribution in [2.24, 2.45) is 0 Å². The molecule has 2 aromatic carbocycles. The van der Waals surface area contributed by atoms with Crippen molar-refractivity contribution in [2.45, 2.75) is 6.61 Å². The minimum absolute atomic E-state index is 0.0115. The maximum atomic E-state index is 11.7. The lowest BCUT2D eigenvalue weighted by molar-refractivity contribution is -0.123. The molecule has 0 aliphatic rings. The second-order valence-electron chi connectivity index (χ2n) is 4.70. The minimum atomic E-state index is -0.942. The molecular weight excluding hydrogens is 314 g/mol. The van der Waals surface area contributed by atoms with Gasteiger partial charge in [-0.15, -0.1) is 0 Å². The van der Waals surface area contributed by atoms with Crippen molar-refractivity contribution in [3.05, 3.63) is 65.7 Å². The number of carbonyl (C=O) groups excluding carboxylic acids is 3. The van der Waals surface area contributed by atoms with Crippen LogP contribution in [0.4, 0.5) is 4.79 Å². The molecule has 2 rings (SSSR count). The Hall–Kier alpha value is -3.35. The molecule has 2 aromatic rings. The summed E-state index contributed by atoms with van der Waals surface area (Å²) in [6.07, 6.45) is -0.942. The number of alkyl carbamates (subject to hydrolysis) is 1. The van der Waals surface area contributed by atoms with E-state index in [1.54, 1.807) is 30.3 Å². The number of carbonyl (C=O) groups is 3. The second kappa shape index (κ2) is 8.33. The fourth-order valence-corrected chi connectivity index (χ4v) is 1.76. The third-order valence-electron chi connectivity index (χ3n) is 2.91. The van der Waals surface area contributed by atoms with Gasteiger partial charge in [0.25, 0.3) is 5.91 Å². The summed E-state index contributed by atoms with van der Waals surface area (Å²) in [5.41, 5.74) is 0.697. The van der Waals surface area contributed by atoms with Crippen molar-refractivity contribution in [2.75, 3.05) is 6.61 Å². The van der Waals surface area contributed by atoms with Crippen LogP contribution in [-0.4, -0.2) is 29.7 Å². The SMILES string of the molecule is O=C(COC(=O)c1ccccc1O)NC(=O)OCc1ccccc1. The highest BCUT2D eigenvalue weighted by molar-refractivity contribution is 5.96. The Kier molecular flexibility index (Phi) is 5.90. The number of esters is 1. The summed E-state index contributed by atoms with van der Waals surface area (Å²) in [7, 11) is 0. The van der Waals surface area contributed by atoms with E-state index in [2.05, 4.69) is 0 Å². The highest BCUT2D eigenvalue weighted by Crippen LogP contribution is 2.16. The van der Waals surface area contributed by atoms with Gasteiger partial charge in [0.2, 0.25) is 0 Å². The molecular formula is C17H15NO6. The van der Waals surface area contributed by atoms with E-state index >= 15 is 0 Å². The Balaban J connectivity index is 1.74. The third-order valence-corrected chi connectivity index (χ3v) is 2.91. The molecule has 0 atom stereocenters. The van der Waals surface area contributed by atoms with Gasteiger partial charge in [0.15, 0.2) is 6.61 Å². The molecule has 0 bridgehead atoms. The van der Waals surface area contributed by atoms with E-state index < -0.39 is 24.6 Å². The largest absolute Gasteiger partial charge is 0.507 e. The number of nitrogens with one attached hydrogen (secondary N) is 1. The first kappa shape index (κ1) is 17.0. The Morgan fingerprint density at radius 1 is 0.917 bits per heavy atom. The number of benzene rings is 2. The summed E-state index contributed by atoms with van der Waals surface area (Å²) in [6.45, 7) is -0.661. The van der Waals surface area contributed by atoms with E-state index in [0.717, 1.165) is 5.56 Å². The quantitative estimate of drug-likeness (QED) is 0.814. The van der Waals surface area contributed by atoms with Gasteiger partial charge in [-0.05, 0) is 17.7 Å². The maximum Gasteiger partial charge on any atom is 0.414 e. The van der Waals surface area contributed by atoms with Gasteiger partial charge in [-0.1, -0.05) is 42.5 Å². The molecule has 2 amide bonds. The molecule has 7 heteroatoms. The first-order valence-corrected chi connectivity index (χ1v) is 7.02. The van der Waals surface area contributed by atoms with E-state index in [-0.39, 0.29) is 17.9 Å². The topological polar surface area (TPSA) is 102 Å². The average Bonchev–Trinajstić information content (AvgIpc) is 2.59. The lowest BCUT2D eigenvalue weighted by Gasteiger charge is -2.07. The molecule has 24 heavy (non-hydrogen) atoms. The van der Waals surface area contributed by atoms with Crippen molar-refractivity contribution >= 4 is 18.0 Å². The van der Waals surface area contributed by atoms with Crippen LogP contribution in [0.1, 0.15) is 15.9 Å². The Labute approximate surface area is 137 Å². The van der Waals surface area contributed by atoms with Crippen LogP contribution in [0.3, 0.4) is 0 Å². The zero-order valence-corrected chi connectivity index (χ0v) is 12.6. The predicted octanol–water partition coefficient (Wildman–Crippen LogP) is 2.00. The molecule has 0 aromatic heterocycles. The molecule has 7 nitrogen and oxygen atoms in total. The van der Waals surface area contributed by atoms with Crippen molar-refractivity contribution in [1.29, 1.82) is 0 Å². The van der Waals surface area contributed by atoms with Gasteiger partial charge >= 0.3 is 12.1 Å². The van der Waals surface area contributed by atoms with Crippen LogP contribution >= 0.6 is 0 Å². The maximum absolute atomic E-state index is 11.7. The molecule has 0 heterocycles. The molecule has 0 saturated carbocycles. The lowest BCUT2D eigenvalue weighted by atomic mass is 10.2. The van der Waals surface area contributed by atoms with E-state index in [1.807, 2.05) is 11.4 Å². The smallest absolute Gasteiger partial charge is 0.414 e. The fourth-order valence-electron chi connectivity index (χ4n) is 1.76. The normalized spacial score (nSPS) is 9.83. The number of phenolic OH excluding ortho intramolecular Hbond substituents is 1. The highest BCUT2D eigenvalue weighted by Gasteiger charge is 2.15. The number of rotatable bonds is 5. The number of hydrogen-bond acceptors (Lipinski definition) is 6. The second-order valence-corrected chi connectivity index (χ2v) is 4.70. The number of para-hydroxylation sites is 1. The summed E-state index contributed by atoms with van der Waals surface area (Å²) in [5.74, 6) is -1.97. The van der Waals surface area contributed by atoms with Gasteiger partial charge in [-0.3, -0.25) is 10.1 Å². The first-order valence-electron chi connectivity index (χ1n) is 7.02. The molecule has 0 fully saturated rings. The number of aromatic hydroxyl groups is 1. The summed E-state index contributed by atoms with van der Waals surface area (Å²) >= 11 is 0. The fraction of sp³-hybridized carbons (Fsp3) is 0.118. The number of hydrogen-bond donors (Lipinski definition) is 2. The minimum Gasteiger partial charge on any atom is -0.507 e. The molecule has 0 aliphatic heterocycles. The number of amides is 2. The van der Waals surface area contributed by atoms with E-state index in [4.69, 9.17) is 9.47 Å². The molecule has 0 radical (unpaired) electrons. The third kappa shape index (κ3) is 5.13. The summed E-state index contributed by atoms with van der Waals surface area (Å²) in [4.78, 5) is 34.7. The van der Waals surface area contributed by atoms with Gasteiger partial charge in [0.05, 0.1) is 0 Å². The van der Waals surface area contributed by atoms with Crippen molar-refractivity contribution in [3.63, 3.8) is 0 Å². The van der Waals surface area contributed by atoms with Crippen LogP contribution in [0.25, 0.3) is 0 Å². The van der Waals surface area contributed by atoms with E-state index in [9.17, 15) is 19.5 Å². The van der Waals surface area contributed by atoms with Crippen LogP contribution in [0.15, 0.2) is 54.6 Å². The van der Waals surface area contributed by atoms with Crippen LogP contribution in [0.5, 0.6) is 5.75 Å². The molecule has 0 spiro atoms. The Morgan fingerprint density at radius 3 is 2.29 bits per heavy atom. The van der Waals surface area contributed by atoms with Gasteiger partial charge < -0.3 is 14.6 Å². The van der Waals surface area contributed by atoms with Crippen LogP contribution < -0.4 is 5.32 Å². The van der Waals surface area contributed by atoms with Crippen LogP contribution in [0, 0.1) is 0 Å². The Morgan fingerprint density at radius 2 is 1.58 bits per heavy atom. The number of phenols is 1. The molecule has 0 unspecified atom stereocenters. The average molecular weight is 329 g/mol. The number of ether oxygens (including phenoxy) is 2. The lowest BCUT2D eigenvalue weighted by Crippen LogP contribution is -2.34. The predicted molar refractivity (Wildman–Crippen MR) is 83.2 cm³/mol. The monoisotopic (exact) mass is 329 g/mol. The zero-order chi connectivity index (χ0) is 17.4. The molecule has 2 N–H and O–H groups in total. The molecule has 124 valence electrons. The summed E-state index contributed by atoms with van der Waals surface area (Å²) in [5, 5.41) is 11.4. The van der Waals surface area contributed by atoms with Crippen LogP contribution in [0.2, 0.25) is 0 Å². The first-order chi connectivity index (χ1) is 11.6. The van der Waals surface area contributed by atoms with Gasteiger partial charge in [0, 0.05) is 0 Å². The van der Waals surface area contributed by atoms with Gasteiger partial charge in [0.1, 0.15) is 17.9 Å². The molecule has 0 saturated heterocycles. The van der Waals surface area contributed by atoms with Gasteiger partial charge in [-0.25, -0.2) is 9.59 Å². The molecule has 0 aliphatic carbocycles. The van der Waals surface area contributed by atoms with Crippen molar-refractivity contribution in [1.82, 2.24) is 5.32 Å². The van der Waals surface area contributed by atoms with E-state index in [0.29, 0.717) is 0 Å². The zero-order valence-electron chi connectivity index (χ0n) is 12.6. The van der Waals surface area contributed by atoms with Crippen LogP contribution in [-0.2, 0) is 20.9 Å². The highest BCUT2D eigenvalue weighted by atomic mass is 16.6. The Bertz CT molecular complexity index is 729. The number of imide groups is 1. The van der Waals surface area contributed by atoms with Gasteiger partial charge in [-0.2, -0.15) is 0 Å².